The maximum atomic E-state index is 12.9. The summed E-state index contributed by atoms with van der Waals surface area (Å²) in [5, 5.41) is 3.51. The quantitative estimate of drug-likeness (QED) is 0.367. The Morgan fingerprint density at radius 2 is 1.88 bits per heavy atom. The summed E-state index contributed by atoms with van der Waals surface area (Å²) in [6, 6.07) is 6.55. The molecule has 1 unspecified atom stereocenters. The molecule has 26 heavy (non-hydrogen) atoms. The topological polar surface area (TPSA) is 102 Å². The number of amides is 1. The smallest absolute Gasteiger partial charge is 0.410 e. The number of ether oxygens (including phenoxy) is 1. The highest BCUT2D eigenvalue weighted by Gasteiger charge is 2.35. The number of likely N-dealkylation sites (tertiary alicyclic amines) is 1. The summed E-state index contributed by atoms with van der Waals surface area (Å²) in [6.45, 7) is 8.00. The number of rotatable bonds is 2. The largest absolute Gasteiger partial charge is 0.444 e. The second-order valence-electron chi connectivity index (χ2n) is 7.55. The maximum Gasteiger partial charge on any atom is 0.410 e. The molecule has 2 rings (SSSR count). The second-order valence-corrected chi connectivity index (χ2v) is 9.45. The lowest BCUT2D eigenvalue weighted by molar-refractivity contribution is 0.0194. The van der Waals surface area contributed by atoms with E-state index in [9.17, 15) is 13.2 Å². The number of nitrogens with two attached hydrogens (primary N) is 1. The molecule has 1 aliphatic rings. The highest BCUT2D eigenvalue weighted by Crippen LogP contribution is 2.25. The molecule has 8 heteroatoms. The third kappa shape index (κ3) is 4.75. The predicted molar refractivity (Wildman–Crippen MR) is 101 cm³/mol. The SMILES string of the molecule is Cc1ccc(S(=O)(=O)C(=NN)C2CCCN(C(=O)OC(C)(C)C)C2)cc1. The van der Waals surface area contributed by atoms with E-state index in [0.717, 1.165) is 5.56 Å². The van der Waals surface area contributed by atoms with Gasteiger partial charge in [0.05, 0.1) is 4.90 Å². The van der Waals surface area contributed by atoms with Crippen LogP contribution < -0.4 is 5.84 Å². The van der Waals surface area contributed by atoms with E-state index in [1.807, 2.05) is 6.92 Å². The van der Waals surface area contributed by atoms with Gasteiger partial charge in [0.25, 0.3) is 0 Å². The molecule has 0 aromatic heterocycles. The molecule has 0 bridgehead atoms. The van der Waals surface area contributed by atoms with Crippen molar-refractivity contribution < 1.29 is 17.9 Å². The number of sulfone groups is 1. The van der Waals surface area contributed by atoms with Gasteiger partial charge in [-0.25, -0.2) is 13.2 Å². The molecule has 1 fully saturated rings. The van der Waals surface area contributed by atoms with Gasteiger partial charge >= 0.3 is 6.09 Å². The summed E-state index contributed by atoms with van der Waals surface area (Å²) in [4.78, 5) is 14.0. The molecule has 0 saturated carbocycles. The van der Waals surface area contributed by atoms with Crippen molar-refractivity contribution in [1.82, 2.24) is 4.90 Å². The average Bonchev–Trinajstić information content (AvgIpc) is 2.54. The van der Waals surface area contributed by atoms with Gasteiger partial charge in [0, 0.05) is 19.0 Å². The predicted octanol–water partition coefficient (Wildman–Crippen LogP) is 2.69. The van der Waals surface area contributed by atoms with Gasteiger partial charge in [-0.15, -0.1) is 0 Å². The number of hydrogen-bond acceptors (Lipinski definition) is 6. The van der Waals surface area contributed by atoms with Crippen LogP contribution in [0.1, 0.15) is 39.2 Å². The zero-order valence-electron chi connectivity index (χ0n) is 15.7. The van der Waals surface area contributed by atoms with Crippen molar-refractivity contribution in [3.8, 4) is 0 Å². The third-order valence-electron chi connectivity index (χ3n) is 4.16. The monoisotopic (exact) mass is 381 g/mol. The summed E-state index contributed by atoms with van der Waals surface area (Å²) < 4.78 is 31.3. The number of nitrogens with zero attached hydrogens (tertiary/aromatic N) is 2. The van der Waals surface area contributed by atoms with Gasteiger partial charge < -0.3 is 15.5 Å². The minimum Gasteiger partial charge on any atom is -0.444 e. The Morgan fingerprint density at radius 1 is 1.27 bits per heavy atom. The van der Waals surface area contributed by atoms with Crippen molar-refractivity contribution in [3.05, 3.63) is 29.8 Å². The molecule has 1 atom stereocenters. The number of hydrazone groups is 1. The van der Waals surface area contributed by atoms with Crippen molar-refractivity contribution >= 4 is 21.0 Å². The van der Waals surface area contributed by atoms with Crippen LogP contribution in [0.2, 0.25) is 0 Å². The Morgan fingerprint density at radius 3 is 2.42 bits per heavy atom. The molecule has 144 valence electrons. The van der Waals surface area contributed by atoms with Crippen molar-refractivity contribution in [2.45, 2.75) is 51.0 Å². The molecule has 1 amide bonds. The fourth-order valence-corrected chi connectivity index (χ4v) is 4.41. The van der Waals surface area contributed by atoms with Crippen molar-refractivity contribution in [2.24, 2.45) is 16.9 Å². The van der Waals surface area contributed by atoms with Gasteiger partial charge in [-0.1, -0.05) is 17.7 Å². The molecule has 1 saturated heterocycles. The van der Waals surface area contributed by atoms with Gasteiger partial charge in [0.2, 0.25) is 9.84 Å². The van der Waals surface area contributed by atoms with E-state index in [4.69, 9.17) is 10.6 Å². The summed E-state index contributed by atoms with van der Waals surface area (Å²) in [5.74, 6) is 5.00. The van der Waals surface area contributed by atoms with E-state index < -0.39 is 27.4 Å². The Hall–Kier alpha value is -2.09. The minimum atomic E-state index is -3.81. The fourth-order valence-electron chi connectivity index (χ4n) is 2.90. The number of carbonyl (C=O) groups excluding carboxylic acids is 1. The van der Waals surface area contributed by atoms with Crippen molar-refractivity contribution in [2.75, 3.05) is 13.1 Å². The highest BCUT2D eigenvalue weighted by molar-refractivity contribution is 8.06. The molecule has 0 spiro atoms. The first-order valence-corrected chi connectivity index (χ1v) is 10.1. The molecule has 2 N–H and O–H groups in total. The molecule has 0 radical (unpaired) electrons. The first-order chi connectivity index (χ1) is 12.0. The number of carbonyl (C=O) groups is 1. The van der Waals surface area contributed by atoms with Crippen molar-refractivity contribution in [3.63, 3.8) is 0 Å². The lowest BCUT2D eigenvalue weighted by Gasteiger charge is -2.34. The third-order valence-corrected chi connectivity index (χ3v) is 6.04. The molecule has 1 aliphatic heterocycles. The Balaban J connectivity index is 2.22. The average molecular weight is 381 g/mol. The van der Waals surface area contributed by atoms with Crippen LogP contribution in [0.15, 0.2) is 34.3 Å². The molecule has 1 aromatic rings. The first kappa shape index (κ1) is 20.2. The first-order valence-electron chi connectivity index (χ1n) is 8.62. The van der Waals surface area contributed by atoms with Crippen LogP contribution in [0.3, 0.4) is 0 Å². The Kier molecular flexibility index (Phi) is 5.95. The van der Waals surface area contributed by atoms with E-state index in [-0.39, 0.29) is 16.5 Å². The van der Waals surface area contributed by atoms with Gasteiger partial charge in [0.1, 0.15) is 5.60 Å². The van der Waals surface area contributed by atoms with Crippen LogP contribution in [0.25, 0.3) is 0 Å². The summed E-state index contributed by atoms with van der Waals surface area (Å²) in [7, 11) is -3.81. The number of benzene rings is 1. The lowest BCUT2D eigenvalue weighted by atomic mass is 9.99. The van der Waals surface area contributed by atoms with Crippen LogP contribution in [0.4, 0.5) is 4.79 Å². The standard InChI is InChI=1S/C18H27N3O4S/c1-13-7-9-15(10-8-13)26(23,24)16(20-19)14-6-5-11-21(12-14)17(22)25-18(2,3)4/h7-10,14H,5-6,11-12,19H2,1-4H3. The fraction of sp³-hybridized carbons (Fsp3) is 0.556. The molecule has 1 heterocycles. The van der Waals surface area contributed by atoms with Gasteiger partial charge in [0.15, 0.2) is 5.04 Å². The lowest BCUT2D eigenvalue weighted by Crippen LogP contribution is -2.46. The van der Waals surface area contributed by atoms with Gasteiger partial charge in [-0.05, 0) is 52.7 Å². The molecule has 1 aromatic carbocycles. The van der Waals surface area contributed by atoms with Gasteiger partial charge in [-0.2, -0.15) is 5.10 Å². The highest BCUT2D eigenvalue weighted by atomic mass is 32.2. The second kappa shape index (κ2) is 7.65. The molecular weight excluding hydrogens is 354 g/mol. The summed E-state index contributed by atoms with van der Waals surface area (Å²) >= 11 is 0. The van der Waals surface area contributed by atoms with Gasteiger partial charge in [-0.3, -0.25) is 0 Å². The normalized spacial score (nSPS) is 19.3. The molecular formula is C18H27N3O4S. The van der Waals surface area contributed by atoms with E-state index in [0.29, 0.717) is 19.4 Å². The zero-order valence-corrected chi connectivity index (χ0v) is 16.5. The van der Waals surface area contributed by atoms with Crippen LogP contribution in [-0.4, -0.2) is 43.1 Å². The number of hydrogen-bond donors (Lipinski definition) is 1. The Bertz CT molecular complexity index is 780. The van der Waals surface area contributed by atoms with E-state index in [1.165, 1.54) is 4.90 Å². The van der Waals surface area contributed by atoms with Crippen LogP contribution in [0.5, 0.6) is 0 Å². The minimum absolute atomic E-state index is 0.0883. The summed E-state index contributed by atoms with van der Waals surface area (Å²) in [6.07, 6.45) is 0.804. The maximum absolute atomic E-state index is 12.9. The molecule has 7 nitrogen and oxygen atoms in total. The van der Waals surface area contributed by atoms with E-state index in [1.54, 1.807) is 45.0 Å². The number of aryl methyl sites for hydroxylation is 1. The summed E-state index contributed by atoms with van der Waals surface area (Å²) in [5.41, 5.74) is 0.354. The van der Waals surface area contributed by atoms with Crippen LogP contribution >= 0.6 is 0 Å². The van der Waals surface area contributed by atoms with E-state index >= 15 is 0 Å². The molecule has 0 aliphatic carbocycles. The van der Waals surface area contributed by atoms with E-state index in [2.05, 4.69) is 5.10 Å². The van der Waals surface area contributed by atoms with Crippen LogP contribution in [-0.2, 0) is 14.6 Å². The van der Waals surface area contributed by atoms with Crippen LogP contribution in [0, 0.1) is 12.8 Å². The number of piperidine rings is 1. The zero-order chi connectivity index (χ0) is 19.5. The van der Waals surface area contributed by atoms with Crippen molar-refractivity contribution in [1.29, 1.82) is 0 Å². The Labute approximate surface area is 155 Å².